The fourth-order valence-corrected chi connectivity index (χ4v) is 4.87. The van der Waals surface area contributed by atoms with Gasteiger partial charge in [0.05, 0.1) is 11.5 Å². The summed E-state index contributed by atoms with van der Waals surface area (Å²) in [6.07, 6.45) is 4.39. The van der Waals surface area contributed by atoms with Crippen LogP contribution in [0.3, 0.4) is 0 Å². The van der Waals surface area contributed by atoms with Gasteiger partial charge in [0.2, 0.25) is 0 Å². The van der Waals surface area contributed by atoms with E-state index in [4.69, 9.17) is 9.47 Å². The average Bonchev–Trinajstić information content (AvgIpc) is 3.08. The first-order chi connectivity index (χ1) is 16.3. The lowest BCUT2D eigenvalue weighted by atomic mass is 10.0. The van der Waals surface area contributed by atoms with Gasteiger partial charge in [-0.25, -0.2) is 0 Å². The highest BCUT2D eigenvalue weighted by atomic mass is 32.2. The highest BCUT2D eigenvalue weighted by Crippen LogP contribution is 2.38. The summed E-state index contributed by atoms with van der Waals surface area (Å²) >= 11 is 1.42. The predicted molar refractivity (Wildman–Crippen MR) is 142 cm³/mol. The number of thioether (sulfide) groups is 1. The number of rotatable bonds is 10. The number of ether oxygens (including phenoxy) is 2. The van der Waals surface area contributed by atoms with E-state index in [1.54, 1.807) is 4.90 Å². The molecule has 5 nitrogen and oxygen atoms in total. The van der Waals surface area contributed by atoms with Crippen LogP contribution in [-0.4, -0.2) is 34.7 Å². The zero-order valence-electron chi connectivity index (χ0n) is 20.7. The minimum atomic E-state index is -0.0213. The van der Waals surface area contributed by atoms with E-state index >= 15 is 0 Å². The maximum absolute atomic E-state index is 13.2. The molecule has 1 amide bonds. The molecule has 0 spiro atoms. The molecule has 0 aliphatic carbocycles. The fourth-order valence-electron chi connectivity index (χ4n) is 3.63. The van der Waals surface area contributed by atoms with E-state index in [1.165, 1.54) is 11.8 Å². The van der Waals surface area contributed by atoms with E-state index in [9.17, 15) is 4.79 Å². The molecule has 34 heavy (non-hydrogen) atoms. The van der Waals surface area contributed by atoms with Gasteiger partial charge >= 0.3 is 0 Å². The van der Waals surface area contributed by atoms with E-state index in [1.807, 2.05) is 89.2 Å². The molecule has 2 aromatic rings. The normalized spacial score (nSPS) is 16.2. The van der Waals surface area contributed by atoms with Crippen LogP contribution in [-0.2, 0) is 17.8 Å². The first-order valence-corrected chi connectivity index (χ1v) is 12.5. The van der Waals surface area contributed by atoms with Crippen molar-refractivity contribution in [2.75, 3.05) is 6.61 Å². The average molecular weight is 479 g/mol. The van der Waals surface area contributed by atoms with Crippen LogP contribution in [0, 0.1) is 0 Å². The van der Waals surface area contributed by atoms with Crippen molar-refractivity contribution in [3.05, 3.63) is 76.7 Å². The smallest absolute Gasteiger partial charge is 0.266 e. The Hall–Kier alpha value is -2.99. The molecule has 0 unspecified atom stereocenters. The molecule has 0 aromatic heterocycles. The van der Waals surface area contributed by atoms with Crippen LogP contribution in [0.4, 0.5) is 0 Å². The second-order valence-corrected chi connectivity index (χ2v) is 9.60. The summed E-state index contributed by atoms with van der Waals surface area (Å²) in [5.74, 6) is 1.35. The second kappa shape index (κ2) is 11.9. The zero-order chi connectivity index (χ0) is 24.7. The van der Waals surface area contributed by atoms with Gasteiger partial charge < -0.3 is 9.47 Å². The summed E-state index contributed by atoms with van der Waals surface area (Å²) < 4.78 is 12.2. The van der Waals surface area contributed by atoms with Gasteiger partial charge in [-0.3, -0.25) is 14.7 Å². The van der Waals surface area contributed by atoms with Crippen molar-refractivity contribution in [3.63, 3.8) is 0 Å². The molecule has 3 rings (SSSR count). The summed E-state index contributed by atoms with van der Waals surface area (Å²) in [7, 11) is 0. The molecule has 0 bridgehead atoms. The molecular weight excluding hydrogens is 444 g/mol. The quantitative estimate of drug-likeness (QED) is 0.290. The topological polar surface area (TPSA) is 51.1 Å². The van der Waals surface area contributed by atoms with Crippen molar-refractivity contribution in [2.45, 2.75) is 59.7 Å². The molecule has 0 N–H and O–H groups in total. The van der Waals surface area contributed by atoms with Crippen LogP contribution in [0.2, 0.25) is 0 Å². The summed E-state index contributed by atoms with van der Waals surface area (Å²) in [5, 5.41) is 0.750. The monoisotopic (exact) mass is 478 g/mol. The van der Waals surface area contributed by atoms with Crippen LogP contribution in [0.5, 0.6) is 11.5 Å². The molecule has 0 radical (unpaired) electrons. The fraction of sp³-hybridized carbons (Fsp3) is 0.357. The third-order valence-corrected chi connectivity index (χ3v) is 6.06. The van der Waals surface area contributed by atoms with Crippen LogP contribution in [0.15, 0.2) is 65.0 Å². The van der Waals surface area contributed by atoms with E-state index < -0.39 is 0 Å². The molecule has 0 atom stereocenters. The van der Waals surface area contributed by atoms with Crippen LogP contribution >= 0.6 is 11.8 Å². The van der Waals surface area contributed by atoms with E-state index in [0.717, 1.165) is 21.9 Å². The van der Waals surface area contributed by atoms with Crippen LogP contribution in [0.1, 0.15) is 51.3 Å². The number of nitrogens with zero attached hydrogens (tertiary/aromatic N) is 2. The second-order valence-electron chi connectivity index (χ2n) is 8.59. The molecule has 1 fully saturated rings. The molecule has 1 aliphatic heterocycles. The van der Waals surface area contributed by atoms with Crippen molar-refractivity contribution >= 4 is 28.9 Å². The SMILES string of the molecule is C=CCc1cc(/C=C2/SC(=NC(C)C)N(C(C)C)C2=O)cc(OCC)c1OCc1ccccc1. The number of amides is 1. The Balaban J connectivity index is 1.99. The first-order valence-electron chi connectivity index (χ1n) is 11.7. The molecule has 180 valence electrons. The Kier molecular flexibility index (Phi) is 8.99. The lowest BCUT2D eigenvalue weighted by molar-refractivity contribution is -0.123. The van der Waals surface area contributed by atoms with Crippen molar-refractivity contribution < 1.29 is 14.3 Å². The Bertz CT molecular complexity index is 1070. The molecule has 0 saturated carbocycles. The number of aliphatic imine (C=N–C) groups is 1. The van der Waals surface area contributed by atoms with Gasteiger partial charge in [-0.2, -0.15) is 0 Å². The maximum Gasteiger partial charge on any atom is 0.266 e. The van der Waals surface area contributed by atoms with Crippen molar-refractivity contribution in [1.29, 1.82) is 0 Å². The van der Waals surface area contributed by atoms with E-state index in [2.05, 4.69) is 11.6 Å². The van der Waals surface area contributed by atoms with Gasteiger partial charge in [-0.05, 0) is 82.1 Å². The zero-order valence-corrected chi connectivity index (χ0v) is 21.5. The Morgan fingerprint density at radius 2 is 1.85 bits per heavy atom. The first kappa shape index (κ1) is 25.6. The highest BCUT2D eigenvalue weighted by Gasteiger charge is 2.35. The van der Waals surface area contributed by atoms with Gasteiger partial charge in [0.15, 0.2) is 16.7 Å². The van der Waals surface area contributed by atoms with E-state index in [-0.39, 0.29) is 18.0 Å². The standard InChI is InChI=1S/C28H34N2O3S/c1-7-12-23-15-22(17-25-27(31)30(20(5)6)28(34-25)29-19(3)4)16-24(32-8-2)26(23)33-18-21-13-10-9-11-14-21/h7,9-11,13-17,19-20H,1,8,12,18H2,2-6H3/b25-17+,29-28?. The predicted octanol–water partition coefficient (Wildman–Crippen LogP) is 6.48. The number of hydrogen-bond donors (Lipinski definition) is 0. The third kappa shape index (κ3) is 6.32. The van der Waals surface area contributed by atoms with E-state index in [0.29, 0.717) is 36.0 Å². The van der Waals surface area contributed by atoms with Gasteiger partial charge in [0, 0.05) is 17.6 Å². The van der Waals surface area contributed by atoms with Crippen molar-refractivity contribution in [2.24, 2.45) is 4.99 Å². The number of carbonyl (C=O) groups excluding carboxylic acids is 1. The minimum Gasteiger partial charge on any atom is -0.490 e. The van der Waals surface area contributed by atoms with Crippen LogP contribution in [0.25, 0.3) is 6.08 Å². The molecule has 1 saturated heterocycles. The Labute approximate surface area is 207 Å². The van der Waals surface area contributed by atoms with Gasteiger partial charge in [0.1, 0.15) is 6.61 Å². The molecule has 1 heterocycles. The summed E-state index contributed by atoms with van der Waals surface area (Å²) in [4.78, 5) is 20.3. The number of amidine groups is 1. The number of benzene rings is 2. The number of carbonyl (C=O) groups is 1. The van der Waals surface area contributed by atoms with Crippen LogP contribution < -0.4 is 9.47 Å². The Morgan fingerprint density at radius 1 is 1.12 bits per heavy atom. The largest absolute Gasteiger partial charge is 0.490 e. The number of allylic oxidation sites excluding steroid dienone is 1. The lowest BCUT2D eigenvalue weighted by Crippen LogP contribution is -2.35. The molecule has 6 heteroatoms. The molecular formula is C28H34N2O3S. The van der Waals surface area contributed by atoms with Gasteiger partial charge in [-0.1, -0.05) is 36.4 Å². The lowest BCUT2D eigenvalue weighted by Gasteiger charge is -2.20. The summed E-state index contributed by atoms with van der Waals surface area (Å²) in [6.45, 7) is 14.9. The summed E-state index contributed by atoms with van der Waals surface area (Å²) in [5.41, 5.74) is 2.94. The highest BCUT2D eigenvalue weighted by molar-refractivity contribution is 8.18. The van der Waals surface area contributed by atoms with Crippen molar-refractivity contribution in [1.82, 2.24) is 4.90 Å². The third-order valence-electron chi connectivity index (χ3n) is 5.06. The maximum atomic E-state index is 13.2. The molecule has 1 aliphatic rings. The summed E-state index contributed by atoms with van der Waals surface area (Å²) in [6, 6.07) is 14.2. The molecule has 2 aromatic carbocycles. The van der Waals surface area contributed by atoms with Crippen molar-refractivity contribution in [3.8, 4) is 11.5 Å². The minimum absolute atomic E-state index is 0.0213. The Morgan fingerprint density at radius 3 is 2.47 bits per heavy atom. The number of hydrogen-bond acceptors (Lipinski definition) is 5. The van der Waals surface area contributed by atoms with Gasteiger partial charge in [-0.15, -0.1) is 6.58 Å². The van der Waals surface area contributed by atoms with Gasteiger partial charge in [0.25, 0.3) is 5.91 Å².